The molecule has 0 atom stereocenters. The molecular weight excluding hydrogens is 256 g/mol. The third-order valence-electron chi connectivity index (χ3n) is 2.61. The summed E-state index contributed by atoms with van der Waals surface area (Å²) in [4.78, 5) is 13.7. The van der Waals surface area contributed by atoms with Crippen molar-refractivity contribution in [3.8, 4) is 0 Å². The predicted molar refractivity (Wildman–Crippen MR) is 65.3 cm³/mol. The van der Waals surface area contributed by atoms with Gasteiger partial charge in [-0.1, -0.05) is 6.07 Å². The molecule has 4 heteroatoms. The van der Waals surface area contributed by atoms with E-state index in [9.17, 15) is 4.79 Å². The third kappa shape index (κ3) is 1.53. The van der Waals surface area contributed by atoms with Crippen molar-refractivity contribution in [2.75, 3.05) is 17.3 Å². The normalized spacial score (nSPS) is 18.4. The van der Waals surface area contributed by atoms with E-state index in [1.54, 1.807) is 11.9 Å². The molecule has 1 aromatic rings. The highest BCUT2D eigenvalue weighted by atomic mass is 79.9. The zero-order valence-corrected chi connectivity index (χ0v) is 10.6. The molecule has 1 N–H and O–H groups in total. The number of nitrogens with zero attached hydrogens (tertiary/aromatic N) is 1. The van der Waals surface area contributed by atoms with Crippen LogP contribution in [0.2, 0.25) is 0 Å². The molecule has 1 aromatic carbocycles. The van der Waals surface area contributed by atoms with Crippen LogP contribution in [0, 0.1) is 0 Å². The summed E-state index contributed by atoms with van der Waals surface area (Å²) in [6.07, 6.45) is 0. The average molecular weight is 269 g/mol. The minimum atomic E-state index is -0.539. The lowest BCUT2D eigenvalue weighted by Gasteiger charge is -2.38. The fourth-order valence-corrected chi connectivity index (χ4v) is 2.50. The van der Waals surface area contributed by atoms with Crippen molar-refractivity contribution >= 4 is 33.2 Å². The summed E-state index contributed by atoms with van der Waals surface area (Å²) < 4.78 is 0.929. The molecule has 2 rings (SSSR count). The van der Waals surface area contributed by atoms with Gasteiger partial charge in [-0.05, 0) is 41.9 Å². The molecule has 0 fully saturated rings. The van der Waals surface area contributed by atoms with Gasteiger partial charge in [0.15, 0.2) is 0 Å². The van der Waals surface area contributed by atoms with Gasteiger partial charge in [-0.15, -0.1) is 0 Å². The Morgan fingerprint density at radius 1 is 1.40 bits per heavy atom. The number of carbonyl (C=O) groups excluding carboxylic acids is 1. The Bertz CT molecular complexity index is 429. The predicted octanol–water partition coefficient (Wildman–Crippen LogP) is 2.62. The molecule has 1 heterocycles. The van der Waals surface area contributed by atoms with Gasteiger partial charge in [0, 0.05) is 11.5 Å². The summed E-state index contributed by atoms with van der Waals surface area (Å²) in [5, 5.41) is 3.24. The van der Waals surface area contributed by atoms with Crippen molar-refractivity contribution in [3.63, 3.8) is 0 Å². The van der Waals surface area contributed by atoms with Gasteiger partial charge in [-0.25, -0.2) is 0 Å². The fourth-order valence-electron chi connectivity index (χ4n) is 1.87. The first-order valence-corrected chi connectivity index (χ1v) is 5.57. The highest BCUT2D eigenvalue weighted by Crippen LogP contribution is 2.39. The summed E-state index contributed by atoms with van der Waals surface area (Å²) in [6, 6.07) is 5.86. The zero-order valence-electron chi connectivity index (χ0n) is 8.97. The summed E-state index contributed by atoms with van der Waals surface area (Å²) in [5.41, 5.74) is 1.35. The van der Waals surface area contributed by atoms with Crippen molar-refractivity contribution in [1.29, 1.82) is 0 Å². The van der Waals surface area contributed by atoms with Crippen LogP contribution in [0.5, 0.6) is 0 Å². The van der Waals surface area contributed by atoms with E-state index in [4.69, 9.17) is 0 Å². The molecule has 1 amide bonds. The fraction of sp³-hybridized carbons (Fsp3) is 0.364. The second-order valence-electron chi connectivity index (χ2n) is 4.25. The number of amides is 1. The molecule has 1 aliphatic rings. The van der Waals surface area contributed by atoms with Crippen LogP contribution in [0.1, 0.15) is 13.8 Å². The quantitative estimate of drug-likeness (QED) is 0.785. The van der Waals surface area contributed by atoms with Gasteiger partial charge in [0.25, 0.3) is 5.91 Å². The van der Waals surface area contributed by atoms with Crippen LogP contribution in [-0.2, 0) is 4.79 Å². The second-order valence-corrected chi connectivity index (χ2v) is 5.10. The Morgan fingerprint density at radius 3 is 2.73 bits per heavy atom. The van der Waals surface area contributed by atoms with E-state index in [0.29, 0.717) is 0 Å². The Hall–Kier alpha value is -1.03. The molecule has 0 bridgehead atoms. The van der Waals surface area contributed by atoms with Crippen LogP contribution in [-0.4, -0.2) is 18.5 Å². The molecule has 0 radical (unpaired) electrons. The third-order valence-corrected chi connectivity index (χ3v) is 3.25. The molecular formula is C11H13BrN2O. The number of halogens is 1. The van der Waals surface area contributed by atoms with Gasteiger partial charge < -0.3 is 10.2 Å². The monoisotopic (exact) mass is 268 g/mol. The van der Waals surface area contributed by atoms with E-state index in [2.05, 4.69) is 21.2 Å². The number of nitrogens with one attached hydrogen (secondary N) is 1. The smallest absolute Gasteiger partial charge is 0.251 e. The minimum absolute atomic E-state index is 0.0712. The van der Waals surface area contributed by atoms with E-state index >= 15 is 0 Å². The van der Waals surface area contributed by atoms with Gasteiger partial charge in [0.2, 0.25) is 0 Å². The Labute approximate surface area is 97.6 Å². The van der Waals surface area contributed by atoms with E-state index in [-0.39, 0.29) is 5.91 Å². The van der Waals surface area contributed by atoms with Crippen molar-refractivity contribution in [3.05, 3.63) is 22.7 Å². The largest absolute Gasteiger partial charge is 0.370 e. The first-order chi connectivity index (χ1) is 6.93. The number of likely N-dealkylation sites (N-methyl/N-ethyl adjacent to an activating group) is 1. The number of benzene rings is 1. The lowest BCUT2D eigenvalue weighted by Crippen LogP contribution is -2.52. The number of para-hydroxylation sites is 1. The summed E-state index contributed by atoms with van der Waals surface area (Å²) in [7, 11) is 1.80. The Kier molecular flexibility index (Phi) is 2.26. The Balaban J connectivity index is 2.60. The molecule has 0 aliphatic carbocycles. The molecule has 0 spiro atoms. The van der Waals surface area contributed by atoms with Crippen LogP contribution in [0.3, 0.4) is 0 Å². The molecule has 15 heavy (non-hydrogen) atoms. The first kappa shape index (κ1) is 10.5. The highest BCUT2D eigenvalue weighted by Gasteiger charge is 2.37. The van der Waals surface area contributed by atoms with Crippen LogP contribution < -0.4 is 10.2 Å². The molecule has 3 nitrogen and oxygen atoms in total. The van der Waals surface area contributed by atoms with Crippen molar-refractivity contribution in [2.24, 2.45) is 0 Å². The summed E-state index contributed by atoms with van der Waals surface area (Å²) in [6.45, 7) is 3.77. The number of fused-ring (bicyclic) bond motifs is 1. The van der Waals surface area contributed by atoms with Crippen LogP contribution in [0.25, 0.3) is 0 Å². The lowest BCUT2D eigenvalue weighted by molar-refractivity contribution is -0.121. The maximum absolute atomic E-state index is 12.0. The van der Waals surface area contributed by atoms with Gasteiger partial charge in [-0.2, -0.15) is 0 Å². The maximum atomic E-state index is 12.0. The van der Waals surface area contributed by atoms with E-state index in [1.165, 1.54) is 0 Å². The molecule has 80 valence electrons. The number of carbonyl (C=O) groups is 1. The number of rotatable bonds is 0. The molecule has 0 unspecified atom stereocenters. The summed E-state index contributed by atoms with van der Waals surface area (Å²) >= 11 is 3.45. The maximum Gasteiger partial charge on any atom is 0.251 e. The van der Waals surface area contributed by atoms with Crippen molar-refractivity contribution < 1.29 is 4.79 Å². The SMILES string of the molecule is CN1C(=O)C(C)(C)Nc2cccc(Br)c21. The van der Waals surface area contributed by atoms with Gasteiger partial charge in [-0.3, -0.25) is 4.79 Å². The van der Waals surface area contributed by atoms with E-state index < -0.39 is 5.54 Å². The zero-order chi connectivity index (χ0) is 11.2. The van der Waals surface area contributed by atoms with Crippen molar-refractivity contribution in [1.82, 2.24) is 0 Å². The highest BCUT2D eigenvalue weighted by molar-refractivity contribution is 9.10. The standard InChI is InChI=1S/C11H13BrN2O/c1-11(2)10(15)14(3)9-7(12)5-4-6-8(9)13-11/h4-6,13H,1-3H3. The van der Waals surface area contributed by atoms with Crippen LogP contribution in [0.15, 0.2) is 22.7 Å². The molecule has 1 aliphatic heterocycles. The van der Waals surface area contributed by atoms with Crippen LogP contribution >= 0.6 is 15.9 Å². The van der Waals surface area contributed by atoms with E-state index in [1.807, 2.05) is 32.0 Å². The number of hydrogen-bond acceptors (Lipinski definition) is 2. The van der Waals surface area contributed by atoms with Crippen LogP contribution in [0.4, 0.5) is 11.4 Å². The van der Waals surface area contributed by atoms with Gasteiger partial charge >= 0.3 is 0 Å². The molecule has 0 saturated carbocycles. The van der Waals surface area contributed by atoms with E-state index in [0.717, 1.165) is 15.8 Å². The minimum Gasteiger partial charge on any atom is -0.370 e. The number of hydrogen-bond donors (Lipinski definition) is 1. The summed E-state index contributed by atoms with van der Waals surface area (Å²) in [5.74, 6) is 0.0712. The van der Waals surface area contributed by atoms with Crippen molar-refractivity contribution in [2.45, 2.75) is 19.4 Å². The van der Waals surface area contributed by atoms with Gasteiger partial charge in [0.05, 0.1) is 11.4 Å². The molecule has 0 aromatic heterocycles. The second kappa shape index (κ2) is 3.23. The Morgan fingerprint density at radius 2 is 2.07 bits per heavy atom. The topological polar surface area (TPSA) is 32.3 Å². The first-order valence-electron chi connectivity index (χ1n) is 4.78. The average Bonchev–Trinajstić information content (AvgIpc) is 2.13. The number of anilines is 2. The molecule has 0 saturated heterocycles. The van der Waals surface area contributed by atoms with Gasteiger partial charge in [0.1, 0.15) is 5.54 Å². The lowest BCUT2D eigenvalue weighted by atomic mass is 9.99.